The molecule has 0 spiro atoms. The molecular formula is C12H13BrF3NO2. The molecule has 1 aromatic carbocycles. The van der Waals surface area contributed by atoms with Crippen LogP contribution in [0.3, 0.4) is 0 Å². The summed E-state index contributed by atoms with van der Waals surface area (Å²) in [5.41, 5.74) is 0.0126. The van der Waals surface area contributed by atoms with Gasteiger partial charge in [-0.05, 0) is 48.0 Å². The second-order valence-electron chi connectivity index (χ2n) is 4.31. The molecule has 1 rings (SSSR count). The van der Waals surface area contributed by atoms with Gasteiger partial charge in [-0.25, -0.2) is 0 Å². The molecule has 3 nitrogen and oxygen atoms in total. The predicted octanol–water partition coefficient (Wildman–Crippen LogP) is 3.57. The van der Waals surface area contributed by atoms with Crippen LogP contribution in [-0.2, 0) is 0 Å². The molecule has 0 heterocycles. The first-order valence-electron chi connectivity index (χ1n) is 5.48. The molecule has 1 amide bonds. The Morgan fingerprint density at radius 1 is 1.42 bits per heavy atom. The Morgan fingerprint density at radius 3 is 2.42 bits per heavy atom. The lowest BCUT2D eigenvalue weighted by atomic mass is 10.1. The monoisotopic (exact) mass is 339 g/mol. The topological polar surface area (TPSA) is 40.5 Å². The molecule has 0 atom stereocenters. The highest BCUT2D eigenvalue weighted by molar-refractivity contribution is 9.10. The highest BCUT2D eigenvalue weighted by Gasteiger charge is 2.34. The Balaban J connectivity index is 3.02. The van der Waals surface area contributed by atoms with Crippen molar-refractivity contribution in [3.63, 3.8) is 0 Å². The normalized spacial score (nSPS) is 11.7. The molecule has 0 saturated carbocycles. The van der Waals surface area contributed by atoms with Gasteiger partial charge in [0.2, 0.25) is 0 Å². The maximum Gasteiger partial charge on any atom is 0.406 e. The number of alkyl halides is 3. The molecule has 0 saturated heterocycles. The van der Waals surface area contributed by atoms with Crippen LogP contribution in [0.1, 0.15) is 24.2 Å². The van der Waals surface area contributed by atoms with E-state index in [1.807, 2.05) is 0 Å². The van der Waals surface area contributed by atoms with Crippen molar-refractivity contribution in [2.75, 3.05) is 6.54 Å². The Kier molecular flexibility index (Phi) is 4.84. The third-order valence-corrected chi connectivity index (χ3v) is 3.10. The molecule has 0 aliphatic rings. The van der Waals surface area contributed by atoms with Gasteiger partial charge < -0.3 is 10.0 Å². The Morgan fingerprint density at radius 2 is 2.00 bits per heavy atom. The van der Waals surface area contributed by atoms with Crippen LogP contribution in [0.15, 0.2) is 22.7 Å². The Labute approximate surface area is 117 Å². The van der Waals surface area contributed by atoms with Crippen molar-refractivity contribution < 1.29 is 23.1 Å². The van der Waals surface area contributed by atoms with Crippen LogP contribution in [0.4, 0.5) is 13.2 Å². The second kappa shape index (κ2) is 5.81. The summed E-state index contributed by atoms with van der Waals surface area (Å²) in [7, 11) is 0. The summed E-state index contributed by atoms with van der Waals surface area (Å²) in [5.74, 6) is -0.961. The Hall–Kier alpha value is -1.24. The van der Waals surface area contributed by atoms with Crippen molar-refractivity contribution in [1.82, 2.24) is 4.90 Å². The fourth-order valence-electron chi connectivity index (χ4n) is 1.49. The van der Waals surface area contributed by atoms with Crippen molar-refractivity contribution in [2.24, 2.45) is 0 Å². The van der Waals surface area contributed by atoms with E-state index < -0.39 is 24.7 Å². The van der Waals surface area contributed by atoms with Gasteiger partial charge in [0.25, 0.3) is 5.91 Å². The number of halogens is 4. The van der Waals surface area contributed by atoms with Gasteiger partial charge in [0.05, 0.1) is 4.47 Å². The zero-order valence-corrected chi connectivity index (χ0v) is 11.9. The number of hydrogen-bond donors (Lipinski definition) is 1. The van der Waals surface area contributed by atoms with E-state index in [2.05, 4.69) is 15.9 Å². The fourth-order valence-corrected chi connectivity index (χ4v) is 1.74. The van der Waals surface area contributed by atoms with Crippen molar-refractivity contribution >= 4 is 21.8 Å². The van der Waals surface area contributed by atoms with E-state index in [1.165, 1.54) is 26.0 Å². The molecule has 0 aliphatic carbocycles. The number of amides is 1. The summed E-state index contributed by atoms with van der Waals surface area (Å²) in [5, 5.41) is 9.46. The average Bonchev–Trinajstić information content (AvgIpc) is 2.27. The summed E-state index contributed by atoms with van der Waals surface area (Å²) in [6.45, 7) is 1.69. The predicted molar refractivity (Wildman–Crippen MR) is 68.0 cm³/mol. The van der Waals surface area contributed by atoms with E-state index >= 15 is 0 Å². The Bertz CT molecular complexity index is 475. The van der Waals surface area contributed by atoms with Gasteiger partial charge >= 0.3 is 6.18 Å². The van der Waals surface area contributed by atoms with Crippen LogP contribution in [-0.4, -0.2) is 34.7 Å². The number of carbonyl (C=O) groups is 1. The van der Waals surface area contributed by atoms with Crippen LogP contribution < -0.4 is 0 Å². The number of aromatic hydroxyl groups is 1. The van der Waals surface area contributed by atoms with E-state index in [-0.39, 0.29) is 11.3 Å². The number of hydrogen-bond acceptors (Lipinski definition) is 2. The van der Waals surface area contributed by atoms with Crippen LogP contribution in [0, 0.1) is 0 Å². The SMILES string of the molecule is CC(C)N(CC(F)(F)F)C(=O)c1ccc(Br)c(O)c1. The fraction of sp³-hybridized carbons (Fsp3) is 0.417. The summed E-state index contributed by atoms with van der Waals surface area (Å²) in [6.07, 6.45) is -4.46. The quantitative estimate of drug-likeness (QED) is 0.914. The van der Waals surface area contributed by atoms with Gasteiger partial charge in [-0.3, -0.25) is 4.79 Å². The summed E-state index contributed by atoms with van der Waals surface area (Å²) >= 11 is 3.04. The van der Waals surface area contributed by atoms with Gasteiger partial charge in [-0.1, -0.05) is 0 Å². The number of benzene rings is 1. The van der Waals surface area contributed by atoms with E-state index in [9.17, 15) is 23.1 Å². The zero-order chi connectivity index (χ0) is 14.8. The third-order valence-electron chi connectivity index (χ3n) is 2.43. The lowest BCUT2D eigenvalue weighted by Gasteiger charge is -2.27. The lowest BCUT2D eigenvalue weighted by Crippen LogP contribution is -2.43. The standard InChI is InChI=1S/C12H13BrF3NO2/c1-7(2)17(6-12(14,15)16)11(19)8-3-4-9(13)10(18)5-8/h3-5,7,18H,6H2,1-2H3. The lowest BCUT2D eigenvalue weighted by molar-refractivity contribution is -0.143. The molecule has 7 heteroatoms. The van der Waals surface area contributed by atoms with E-state index in [4.69, 9.17) is 0 Å². The van der Waals surface area contributed by atoms with Gasteiger partial charge in [0.15, 0.2) is 0 Å². The molecule has 1 aromatic rings. The highest BCUT2D eigenvalue weighted by atomic mass is 79.9. The van der Waals surface area contributed by atoms with Gasteiger partial charge in [0.1, 0.15) is 12.3 Å². The highest BCUT2D eigenvalue weighted by Crippen LogP contribution is 2.26. The van der Waals surface area contributed by atoms with Crippen LogP contribution in [0.5, 0.6) is 5.75 Å². The second-order valence-corrected chi connectivity index (χ2v) is 5.16. The minimum Gasteiger partial charge on any atom is -0.507 e. The number of phenols is 1. The van der Waals surface area contributed by atoms with Crippen LogP contribution in [0.25, 0.3) is 0 Å². The van der Waals surface area contributed by atoms with Crippen molar-refractivity contribution in [1.29, 1.82) is 0 Å². The largest absolute Gasteiger partial charge is 0.507 e. The third kappa shape index (κ3) is 4.41. The van der Waals surface area contributed by atoms with Crippen molar-refractivity contribution in [2.45, 2.75) is 26.1 Å². The molecule has 0 aromatic heterocycles. The van der Waals surface area contributed by atoms with E-state index in [0.717, 1.165) is 6.07 Å². The molecule has 0 aliphatic heterocycles. The van der Waals surface area contributed by atoms with Gasteiger partial charge in [0, 0.05) is 11.6 Å². The number of carbonyl (C=O) groups excluding carboxylic acids is 1. The zero-order valence-electron chi connectivity index (χ0n) is 10.3. The molecule has 0 radical (unpaired) electrons. The summed E-state index contributed by atoms with van der Waals surface area (Å²) in [4.78, 5) is 12.7. The molecule has 106 valence electrons. The number of nitrogens with zero attached hydrogens (tertiary/aromatic N) is 1. The first-order chi connectivity index (χ1) is 8.61. The number of rotatable bonds is 3. The average molecular weight is 340 g/mol. The van der Waals surface area contributed by atoms with Gasteiger partial charge in [-0.15, -0.1) is 0 Å². The summed E-state index contributed by atoms with van der Waals surface area (Å²) < 4.78 is 37.7. The van der Waals surface area contributed by atoms with Crippen LogP contribution >= 0.6 is 15.9 Å². The van der Waals surface area contributed by atoms with E-state index in [1.54, 1.807) is 0 Å². The molecule has 19 heavy (non-hydrogen) atoms. The van der Waals surface area contributed by atoms with Crippen LogP contribution in [0.2, 0.25) is 0 Å². The maximum atomic E-state index is 12.4. The minimum atomic E-state index is -4.46. The first-order valence-corrected chi connectivity index (χ1v) is 6.27. The smallest absolute Gasteiger partial charge is 0.406 e. The summed E-state index contributed by atoms with van der Waals surface area (Å²) in [6, 6.07) is 3.31. The maximum absolute atomic E-state index is 12.4. The molecule has 1 N–H and O–H groups in total. The minimum absolute atomic E-state index is 0.0126. The van der Waals surface area contributed by atoms with E-state index in [0.29, 0.717) is 9.37 Å². The molecular weight excluding hydrogens is 327 g/mol. The molecule has 0 fully saturated rings. The van der Waals surface area contributed by atoms with Gasteiger partial charge in [-0.2, -0.15) is 13.2 Å². The molecule has 0 bridgehead atoms. The number of phenolic OH excluding ortho intramolecular Hbond substituents is 1. The molecule has 0 unspecified atom stereocenters. The van der Waals surface area contributed by atoms with Crippen molar-refractivity contribution in [3.05, 3.63) is 28.2 Å². The first kappa shape index (κ1) is 15.8. The van der Waals surface area contributed by atoms with Crippen molar-refractivity contribution in [3.8, 4) is 5.75 Å².